The molecule has 242 valence electrons. The molecule has 11 aromatic rings. The van der Waals surface area contributed by atoms with Crippen LogP contribution in [0, 0.1) is 0 Å². The van der Waals surface area contributed by atoms with E-state index in [2.05, 4.69) is 133 Å². The molecule has 0 fully saturated rings. The Morgan fingerprint density at radius 1 is 0.365 bits per heavy atom. The SMILES string of the molecule is c1ccc(-c2nc(-c3cc(-c4ccc5c(c4)oc4ccccc45)cc4ccccc34)nc(-c3cc4c5ccccc5sc4c4ccccc34)n2)cc1. The van der Waals surface area contributed by atoms with Gasteiger partial charge in [-0.3, -0.25) is 0 Å². The molecule has 0 aliphatic carbocycles. The van der Waals surface area contributed by atoms with Gasteiger partial charge in [-0.1, -0.05) is 121 Å². The fourth-order valence-corrected chi connectivity index (χ4v) is 8.85. The number of aromatic nitrogens is 3. The van der Waals surface area contributed by atoms with Crippen LogP contribution in [-0.2, 0) is 0 Å². The molecule has 0 saturated carbocycles. The molecule has 4 nitrogen and oxygen atoms in total. The Bertz CT molecular complexity index is 3200. The van der Waals surface area contributed by atoms with Gasteiger partial charge < -0.3 is 4.42 Å². The van der Waals surface area contributed by atoms with Crippen molar-refractivity contribution in [2.45, 2.75) is 0 Å². The monoisotopic (exact) mass is 681 g/mol. The minimum absolute atomic E-state index is 0.631. The van der Waals surface area contributed by atoms with Crippen LogP contribution in [0.1, 0.15) is 0 Å². The highest BCUT2D eigenvalue weighted by molar-refractivity contribution is 7.26. The number of hydrogen-bond acceptors (Lipinski definition) is 5. The maximum atomic E-state index is 6.30. The number of benzene rings is 8. The van der Waals surface area contributed by atoms with E-state index < -0.39 is 0 Å². The molecule has 0 amide bonds. The first kappa shape index (κ1) is 29.1. The van der Waals surface area contributed by atoms with Crippen molar-refractivity contribution in [2.24, 2.45) is 0 Å². The first-order valence-electron chi connectivity index (χ1n) is 17.3. The first-order chi connectivity index (χ1) is 25.7. The van der Waals surface area contributed by atoms with Crippen molar-refractivity contribution in [2.75, 3.05) is 0 Å². The fourth-order valence-electron chi connectivity index (χ4n) is 7.63. The fraction of sp³-hybridized carbons (Fsp3) is 0. The van der Waals surface area contributed by atoms with Gasteiger partial charge in [0.2, 0.25) is 0 Å². The second-order valence-corrected chi connectivity index (χ2v) is 14.2. The summed E-state index contributed by atoms with van der Waals surface area (Å²) in [4.78, 5) is 15.8. The Balaban J connectivity index is 1.18. The maximum Gasteiger partial charge on any atom is 0.164 e. The molecule has 0 saturated heterocycles. The van der Waals surface area contributed by atoms with Crippen molar-refractivity contribution in [3.63, 3.8) is 0 Å². The van der Waals surface area contributed by atoms with Crippen LogP contribution in [0.15, 0.2) is 168 Å². The molecule has 0 aliphatic rings. The highest BCUT2D eigenvalue weighted by Gasteiger charge is 2.20. The summed E-state index contributed by atoms with van der Waals surface area (Å²) in [5.41, 5.74) is 6.77. The topological polar surface area (TPSA) is 51.8 Å². The van der Waals surface area contributed by atoms with E-state index in [0.717, 1.165) is 65.9 Å². The number of thiophene rings is 1. The molecule has 8 aromatic carbocycles. The van der Waals surface area contributed by atoms with Crippen LogP contribution in [0.5, 0.6) is 0 Å². The quantitative estimate of drug-likeness (QED) is 0.185. The molecule has 0 atom stereocenters. The summed E-state index contributed by atoms with van der Waals surface area (Å²) in [6.07, 6.45) is 0. The molecule has 0 unspecified atom stereocenters. The molecular formula is C47H27N3OS. The third kappa shape index (κ3) is 4.57. The lowest BCUT2D eigenvalue weighted by atomic mass is 9.95. The van der Waals surface area contributed by atoms with Gasteiger partial charge in [-0.2, -0.15) is 0 Å². The van der Waals surface area contributed by atoms with Crippen molar-refractivity contribution in [1.29, 1.82) is 0 Å². The van der Waals surface area contributed by atoms with Gasteiger partial charge in [-0.15, -0.1) is 11.3 Å². The molecule has 3 heterocycles. The maximum absolute atomic E-state index is 6.30. The second-order valence-electron chi connectivity index (χ2n) is 13.2. The second kappa shape index (κ2) is 11.4. The van der Waals surface area contributed by atoms with Crippen LogP contribution in [0.4, 0.5) is 0 Å². The third-order valence-electron chi connectivity index (χ3n) is 10.1. The highest BCUT2D eigenvalue weighted by Crippen LogP contribution is 2.43. The van der Waals surface area contributed by atoms with E-state index in [9.17, 15) is 0 Å². The van der Waals surface area contributed by atoms with E-state index in [1.165, 1.54) is 25.6 Å². The normalized spacial score (nSPS) is 11.8. The Kier molecular flexibility index (Phi) is 6.39. The lowest BCUT2D eigenvalue weighted by molar-refractivity contribution is 0.669. The van der Waals surface area contributed by atoms with E-state index in [1.54, 1.807) is 0 Å². The minimum atomic E-state index is 0.631. The smallest absolute Gasteiger partial charge is 0.164 e. The van der Waals surface area contributed by atoms with E-state index >= 15 is 0 Å². The van der Waals surface area contributed by atoms with Gasteiger partial charge in [0.1, 0.15) is 11.2 Å². The van der Waals surface area contributed by atoms with Crippen LogP contribution in [0.3, 0.4) is 0 Å². The highest BCUT2D eigenvalue weighted by atomic mass is 32.1. The lowest BCUT2D eigenvalue weighted by Gasteiger charge is -2.14. The molecule has 5 heteroatoms. The first-order valence-corrected chi connectivity index (χ1v) is 18.2. The molecule has 0 radical (unpaired) electrons. The molecular weight excluding hydrogens is 655 g/mol. The van der Waals surface area contributed by atoms with Crippen molar-refractivity contribution in [1.82, 2.24) is 15.0 Å². The van der Waals surface area contributed by atoms with Crippen molar-refractivity contribution in [3.8, 4) is 45.3 Å². The van der Waals surface area contributed by atoms with E-state index in [0.29, 0.717) is 17.5 Å². The van der Waals surface area contributed by atoms with Gasteiger partial charge in [-0.05, 0) is 69.8 Å². The zero-order valence-electron chi connectivity index (χ0n) is 27.7. The molecule has 0 spiro atoms. The molecule has 0 bridgehead atoms. The average molecular weight is 682 g/mol. The summed E-state index contributed by atoms with van der Waals surface area (Å²) in [6.45, 7) is 0. The zero-order valence-corrected chi connectivity index (χ0v) is 28.6. The number of para-hydroxylation sites is 1. The van der Waals surface area contributed by atoms with Crippen molar-refractivity contribution >= 4 is 75.0 Å². The predicted octanol–water partition coefficient (Wildman–Crippen LogP) is 13.1. The van der Waals surface area contributed by atoms with E-state index in [-0.39, 0.29) is 0 Å². The van der Waals surface area contributed by atoms with Crippen LogP contribution >= 0.6 is 11.3 Å². The molecule has 11 rings (SSSR count). The largest absolute Gasteiger partial charge is 0.456 e. The van der Waals surface area contributed by atoms with E-state index in [4.69, 9.17) is 19.4 Å². The van der Waals surface area contributed by atoms with Crippen LogP contribution < -0.4 is 0 Å². The van der Waals surface area contributed by atoms with Gasteiger partial charge in [-0.25, -0.2) is 15.0 Å². The average Bonchev–Trinajstić information content (AvgIpc) is 3.78. The molecule has 0 aliphatic heterocycles. The van der Waals surface area contributed by atoms with Gasteiger partial charge in [0, 0.05) is 53.0 Å². The molecule has 52 heavy (non-hydrogen) atoms. The summed E-state index contributed by atoms with van der Waals surface area (Å²) in [7, 11) is 0. The standard InChI is InChI=1S/C47H27N3OS/c1-2-12-28(13-3-1)45-48-46(50-47(49-45)40-27-38-36-18-9-11-21-43(36)52-44(38)37-19-7-6-16-33(37)40)39-25-31(24-30-14-4-5-15-32(30)39)29-22-23-35-34-17-8-10-20-41(34)51-42(35)26-29/h1-27H. The summed E-state index contributed by atoms with van der Waals surface area (Å²) < 4.78 is 8.85. The van der Waals surface area contributed by atoms with Gasteiger partial charge in [0.05, 0.1) is 0 Å². The number of rotatable bonds is 4. The predicted molar refractivity (Wildman–Crippen MR) is 217 cm³/mol. The van der Waals surface area contributed by atoms with Gasteiger partial charge >= 0.3 is 0 Å². The number of nitrogens with zero attached hydrogens (tertiary/aromatic N) is 3. The number of fused-ring (bicyclic) bond motifs is 9. The Morgan fingerprint density at radius 2 is 1.00 bits per heavy atom. The molecule has 0 N–H and O–H groups in total. The Hall–Kier alpha value is -6.69. The zero-order chi connectivity index (χ0) is 34.2. The number of furan rings is 1. The summed E-state index contributed by atoms with van der Waals surface area (Å²) >= 11 is 1.84. The van der Waals surface area contributed by atoms with Crippen molar-refractivity contribution in [3.05, 3.63) is 164 Å². The minimum Gasteiger partial charge on any atom is -0.456 e. The third-order valence-corrected chi connectivity index (χ3v) is 11.3. The summed E-state index contributed by atoms with van der Waals surface area (Å²) in [5.74, 6) is 1.92. The molecule has 3 aromatic heterocycles. The Morgan fingerprint density at radius 3 is 1.85 bits per heavy atom. The Labute approximate surface area is 302 Å². The van der Waals surface area contributed by atoms with Gasteiger partial charge in [0.15, 0.2) is 17.5 Å². The van der Waals surface area contributed by atoms with Crippen molar-refractivity contribution < 1.29 is 4.42 Å². The van der Waals surface area contributed by atoms with Crippen LogP contribution in [0.2, 0.25) is 0 Å². The van der Waals surface area contributed by atoms with Crippen LogP contribution in [0.25, 0.3) is 109 Å². The summed E-state index contributed by atoms with van der Waals surface area (Å²) in [6, 6.07) is 57.3. The van der Waals surface area contributed by atoms with E-state index in [1.807, 2.05) is 41.7 Å². The van der Waals surface area contributed by atoms with Crippen LogP contribution in [-0.4, -0.2) is 15.0 Å². The van der Waals surface area contributed by atoms with Gasteiger partial charge in [0.25, 0.3) is 0 Å². The lowest BCUT2D eigenvalue weighted by Crippen LogP contribution is -2.01. The number of hydrogen-bond donors (Lipinski definition) is 0. The summed E-state index contributed by atoms with van der Waals surface area (Å²) in [5, 5.41) is 9.20.